The summed E-state index contributed by atoms with van der Waals surface area (Å²) in [5, 5.41) is 14.7. The molecule has 4 rings (SSSR count). The number of anilines is 2. The van der Waals surface area contributed by atoms with Crippen LogP contribution in [0.3, 0.4) is 0 Å². The average Bonchev–Trinajstić information content (AvgIpc) is 3.08. The van der Waals surface area contributed by atoms with Gasteiger partial charge in [-0.2, -0.15) is 4.98 Å². The van der Waals surface area contributed by atoms with E-state index in [1.165, 1.54) is 17.4 Å². The second-order valence-electron chi connectivity index (χ2n) is 5.52. The molecule has 120 valence electrons. The number of nitro benzene ring substituents is 1. The Morgan fingerprint density at radius 3 is 2.79 bits per heavy atom. The Kier molecular flexibility index (Phi) is 3.20. The Hall–Kier alpha value is -3.00. The highest BCUT2D eigenvalue weighted by atomic mass is 32.1. The number of hydrogen-bond donors (Lipinski definition) is 1. The summed E-state index contributed by atoms with van der Waals surface area (Å²) >= 11 is 1.32. The summed E-state index contributed by atoms with van der Waals surface area (Å²) in [4.78, 5) is 19.5. The number of nitro groups is 1. The maximum atomic E-state index is 11.2. The molecular formula is C16H12N4O3S. The van der Waals surface area contributed by atoms with Crippen LogP contribution in [-0.2, 0) is 0 Å². The molecule has 0 spiro atoms. The first kappa shape index (κ1) is 14.6. The number of nitrogens with one attached hydrogen (secondary N) is 1. The molecular weight excluding hydrogens is 328 g/mol. The Labute approximate surface area is 140 Å². The number of benzene rings is 2. The van der Waals surface area contributed by atoms with E-state index in [0.29, 0.717) is 22.2 Å². The van der Waals surface area contributed by atoms with Gasteiger partial charge < -0.3 is 4.42 Å². The van der Waals surface area contributed by atoms with Crippen LogP contribution in [0.4, 0.5) is 16.8 Å². The topological polar surface area (TPSA) is 94.1 Å². The number of oxazole rings is 1. The summed E-state index contributed by atoms with van der Waals surface area (Å²) in [7, 11) is 0. The van der Waals surface area contributed by atoms with E-state index >= 15 is 0 Å². The first-order valence-corrected chi connectivity index (χ1v) is 8.01. The van der Waals surface area contributed by atoms with Gasteiger partial charge in [-0.15, -0.1) is 0 Å². The number of aryl methyl sites for hydroxylation is 2. The van der Waals surface area contributed by atoms with Crippen molar-refractivity contribution in [3.8, 4) is 0 Å². The molecule has 0 radical (unpaired) electrons. The summed E-state index contributed by atoms with van der Waals surface area (Å²) in [6.07, 6.45) is 0. The van der Waals surface area contributed by atoms with Crippen LogP contribution in [0.2, 0.25) is 0 Å². The lowest BCUT2D eigenvalue weighted by molar-refractivity contribution is -0.383. The molecule has 2 aromatic heterocycles. The number of aromatic nitrogens is 2. The monoisotopic (exact) mass is 340 g/mol. The number of fused-ring (bicyclic) bond motifs is 2. The minimum Gasteiger partial charge on any atom is -0.423 e. The molecule has 0 aliphatic carbocycles. The smallest absolute Gasteiger partial charge is 0.302 e. The van der Waals surface area contributed by atoms with E-state index in [2.05, 4.69) is 15.3 Å². The molecule has 0 amide bonds. The van der Waals surface area contributed by atoms with E-state index in [1.807, 2.05) is 38.1 Å². The summed E-state index contributed by atoms with van der Waals surface area (Å²) < 4.78 is 6.38. The highest BCUT2D eigenvalue weighted by Crippen LogP contribution is 2.35. The van der Waals surface area contributed by atoms with Crippen molar-refractivity contribution in [3.63, 3.8) is 0 Å². The van der Waals surface area contributed by atoms with Crippen LogP contribution in [0.25, 0.3) is 21.3 Å². The summed E-state index contributed by atoms with van der Waals surface area (Å²) in [5.41, 5.74) is 3.70. The Bertz CT molecular complexity index is 1100. The van der Waals surface area contributed by atoms with Gasteiger partial charge in [-0.25, -0.2) is 4.98 Å². The number of rotatable bonds is 3. The standard InChI is InChI=1S/C16H12N4O3S/c1-8-3-4-12-10(5-8)17-15(23-12)19-16-18-14-11(20(21)22)6-9(2)7-13(14)24-16/h3-7H,1-2H3,(H,17,18,19). The zero-order valence-electron chi connectivity index (χ0n) is 12.9. The van der Waals surface area contributed by atoms with Gasteiger partial charge in [0.25, 0.3) is 5.69 Å². The van der Waals surface area contributed by atoms with Gasteiger partial charge in [0, 0.05) is 6.07 Å². The molecule has 1 N–H and O–H groups in total. The third-order valence-corrected chi connectivity index (χ3v) is 4.49. The minimum atomic E-state index is -0.416. The van der Waals surface area contributed by atoms with E-state index in [-0.39, 0.29) is 5.69 Å². The molecule has 0 fully saturated rings. The number of nitrogens with zero attached hydrogens (tertiary/aromatic N) is 3. The normalized spacial score (nSPS) is 11.2. The number of non-ortho nitro benzene ring substituents is 1. The van der Waals surface area contributed by atoms with Gasteiger partial charge >= 0.3 is 6.01 Å². The molecule has 0 aliphatic heterocycles. The molecule has 0 unspecified atom stereocenters. The summed E-state index contributed by atoms with van der Waals surface area (Å²) in [5.74, 6) is 0. The van der Waals surface area contributed by atoms with Gasteiger partial charge in [0.15, 0.2) is 16.2 Å². The van der Waals surface area contributed by atoms with Crippen LogP contribution < -0.4 is 5.32 Å². The van der Waals surface area contributed by atoms with Crippen LogP contribution in [0, 0.1) is 24.0 Å². The predicted molar refractivity (Wildman–Crippen MR) is 93.0 cm³/mol. The largest absolute Gasteiger partial charge is 0.423 e. The first-order chi connectivity index (χ1) is 11.5. The highest BCUT2D eigenvalue weighted by molar-refractivity contribution is 7.22. The maximum Gasteiger partial charge on any atom is 0.302 e. The maximum absolute atomic E-state index is 11.2. The predicted octanol–water partition coefficient (Wildman–Crippen LogP) is 4.71. The Morgan fingerprint density at radius 1 is 1.17 bits per heavy atom. The van der Waals surface area contributed by atoms with E-state index < -0.39 is 4.92 Å². The third-order valence-electron chi connectivity index (χ3n) is 3.57. The molecule has 0 aliphatic rings. The molecule has 0 bridgehead atoms. The molecule has 7 nitrogen and oxygen atoms in total. The van der Waals surface area contributed by atoms with Crippen molar-refractivity contribution in [2.45, 2.75) is 13.8 Å². The minimum absolute atomic E-state index is 0.00231. The lowest BCUT2D eigenvalue weighted by Crippen LogP contribution is -1.91. The first-order valence-electron chi connectivity index (χ1n) is 7.19. The second-order valence-corrected chi connectivity index (χ2v) is 6.55. The van der Waals surface area contributed by atoms with Gasteiger partial charge in [0.05, 0.1) is 9.62 Å². The summed E-state index contributed by atoms with van der Waals surface area (Å²) in [6.45, 7) is 3.80. The lowest BCUT2D eigenvalue weighted by atomic mass is 10.2. The van der Waals surface area contributed by atoms with Crippen molar-refractivity contribution >= 4 is 49.5 Å². The van der Waals surface area contributed by atoms with Gasteiger partial charge in [0.2, 0.25) is 0 Å². The fraction of sp³-hybridized carbons (Fsp3) is 0.125. The average molecular weight is 340 g/mol. The molecule has 2 aromatic carbocycles. The molecule has 0 saturated carbocycles. The zero-order valence-corrected chi connectivity index (χ0v) is 13.7. The van der Waals surface area contributed by atoms with Gasteiger partial charge in [-0.05, 0) is 43.2 Å². The van der Waals surface area contributed by atoms with E-state index in [9.17, 15) is 10.1 Å². The van der Waals surface area contributed by atoms with Crippen LogP contribution in [0.1, 0.15) is 11.1 Å². The molecule has 2 heterocycles. The van der Waals surface area contributed by atoms with Crippen LogP contribution in [-0.4, -0.2) is 14.9 Å². The zero-order chi connectivity index (χ0) is 16.8. The van der Waals surface area contributed by atoms with Crippen LogP contribution in [0.5, 0.6) is 0 Å². The summed E-state index contributed by atoms with van der Waals surface area (Å²) in [6, 6.07) is 9.44. The quantitative estimate of drug-likeness (QED) is 0.429. The van der Waals surface area contributed by atoms with Crippen molar-refractivity contribution in [1.29, 1.82) is 0 Å². The van der Waals surface area contributed by atoms with Crippen LogP contribution >= 0.6 is 11.3 Å². The Balaban J connectivity index is 1.76. The van der Waals surface area contributed by atoms with Gasteiger partial charge in [-0.1, -0.05) is 17.4 Å². The van der Waals surface area contributed by atoms with Crippen molar-refractivity contribution in [3.05, 3.63) is 51.6 Å². The molecule has 8 heteroatoms. The molecule has 24 heavy (non-hydrogen) atoms. The van der Waals surface area contributed by atoms with Crippen molar-refractivity contribution < 1.29 is 9.34 Å². The van der Waals surface area contributed by atoms with E-state index in [0.717, 1.165) is 21.3 Å². The SMILES string of the molecule is Cc1ccc2oc(Nc3nc4c([N+](=O)[O-])cc(C)cc4s3)nc2c1. The van der Waals surface area contributed by atoms with Crippen molar-refractivity contribution in [2.24, 2.45) is 0 Å². The van der Waals surface area contributed by atoms with Gasteiger partial charge in [-0.3, -0.25) is 15.4 Å². The lowest BCUT2D eigenvalue weighted by Gasteiger charge is -1.94. The number of thiazole rings is 1. The molecule has 0 atom stereocenters. The molecule has 4 aromatic rings. The fourth-order valence-corrected chi connectivity index (χ4v) is 3.50. The van der Waals surface area contributed by atoms with Crippen LogP contribution in [0.15, 0.2) is 34.7 Å². The fourth-order valence-electron chi connectivity index (χ4n) is 2.52. The molecule has 0 saturated heterocycles. The third kappa shape index (κ3) is 2.46. The van der Waals surface area contributed by atoms with E-state index in [1.54, 1.807) is 0 Å². The number of hydrogen-bond acceptors (Lipinski definition) is 7. The van der Waals surface area contributed by atoms with E-state index in [4.69, 9.17) is 4.42 Å². The Morgan fingerprint density at radius 2 is 2.00 bits per heavy atom. The van der Waals surface area contributed by atoms with Crippen molar-refractivity contribution in [1.82, 2.24) is 9.97 Å². The second kappa shape index (κ2) is 5.27. The van der Waals surface area contributed by atoms with Gasteiger partial charge in [0.1, 0.15) is 5.52 Å². The highest BCUT2D eigenvalue weighted by Gasteiger charge is 2.18. The van der Waals surface area contributed by atoms with Crippen molar-refractivity contribution in [2.75, 3.05) is 5.32 Å².